The number of nitrogens with zero attached hydrogens (tertiary/aromatic N) is 9. The highest BCUT2D eigenvalue weighted by Gasteiger charge is 2.36. The van der Waals surface area contributed by atoms with E-state index in [0.29, 0.717) is 0 Å². The zero-order chi connectivity index (χ0) is 24.7. The zero-order valence-electron chi connectivity index (χ0n) is 20.7. The van der Waals surface area contributed by atoms with Crippen molar-refractivity contribution in [3.63, 3.8) is 0 Å². The Morgan fingerprint density at radius 2 is 2.00 bits per heavy atom. The standard InChI is InChI=1S/C25H31N9O/c1-5-18-15-33(21-13-24(35)30(4)22-16-31(12-9-26)29-25(21)22)19(6-2)14-32(18)17(3)20-8-11-34-23(28-20)7-10-27-34/h7-8,10-11,13,16-19H,5-6,12,14-15H2,1-4H3/t17?,18-,19+/m1/s1. The largest absolute Gasteiger partial charge is 0.364 e. The van der Waals surface area contributed by atoms with Gasteiger partial charge in [0.2, 0.25) is 0 Å². The third-order valence-electron chi connectivity index (χ3n) is 7.37. The van der Waals surface area contributed by atoms with E-state index in [-0.39, 0.29) is 30.2 Å². The van der Waals surface area contributed by atoms with Gasteiger partial charge in [0.25, 0.3) is 5.56 Å². The number of rotatable bonds is 6. The van der Waals surface area contributed by atoms with Gasteiger partial charge in [0, 0.05) is 56.6 Å². The number of pyridine rings is 1. The summed E-state index contributed by atoms with van der Waals surface area (Å²) in [5.41, 5.74) is 4.19. The number of nitriles is 1. The van der Waals surface area contributed by atoms with Crippen LogP contribution in [-0.4, -0.2) is 59.0 Å². The lowest BCUT2D eigenvalue weighted by atomic mass is 9.98. The van der Waals surface area contributed by atoms with E-state index in [1.807, 2.05) is 12.3 Å². The molecule has 0 spiro atoms. The summed E-state index contributed by atoms with van der Waals surface area (Å²) in [6.07, 6.45) is 7.43. The first kappa shape index (κ1) is 23.1. The molecule has 1 aliphatic heterocycles. The first-order valence-electron chi connectivity index (χ1n) is 12.2. The van der Waals surface area contributed by atoms with Crippen molar-refractivity contribution in [2.45, 2.75) is 58.3 Å². The summed E-state index contributed by atoms with van der Waals surface area (Å²) in [5.74, 6) is 0. The van der Waals surface area contributed by atoms with Gasteiger partial charge in [-0.05, 0) is 25.8 Å². The molecular formula is C25H31N9O. The van der Waals surface area contributed by atoms with Gasteiger partial charge in [-0.1, -0.05) is 13.8 Å². The van der Waals surface area contributed by atoms with Gasteiger partial charge < -0.3 is 9.47 Å². The Morgan fingerprint density at radius 1 is 1.20 bits per heavy atom. The molecule has 10 heteroatoms. The van der Waals surface area contributed by atoms with Gasteiger partial charge in [0.1, 0.15) is 12.1 Å². The zero-order valence-corrected chi connectivity index (χ0v) is 20.7. The molecule has 1 fully saturated rings. The highest BCUT2D eigenvalue weighted by atomic mass is 16.1. The second kappa shape index (κ2) is 9.15. The second-order valence-electron chi connectivity index (χ2n) is 9.28. The predicted octanol–water partition coefficient (Wildman–Crippen LogP) is 2.74. The smallest absolute Gasteiger partial charge is 0.252 e. The molecule has 10 nitrogen and oxygen atoms in total. The van der Waals surface area contributed by atoms with E-state index < -0.39 is 0 Å². The SMILES string of the molecule is CC[C@H]1CN(C(C)c2ccn3nccc3n2)[C@H](CC)CN1c1cc(=O)n(C)c2cn(CC#N)nc12. The lowest BCUT2D eigenvalue weighted by Crippen LogP contribution is -2.59. The van der Waals surface area contributed by atoms with E-state index in [0.717, 1.165) is 54.0 Å². The number of aromatic nitrogens is 6. The van der Waals surface area contributed by atoms with Gasteiger partial charge in [-0.2, -0.15) is 15.5 Å². The van der Waals surface area contributed by atoms with Gasteiger partial charge >= 0.3 is 0 Å². The second-order valence-corrected chi connectivity index (χ2v) is 9.28. The van der Waals surface area contributed by atoms with E-state index in [1.165, 1.54) is 0 Å². The van der Waals surface area contributed by atoms with Crippen LogP contribution in [0.3, 0.4) is 0 Å². The Kier molecular flexibility index (Phi) is 6.03. The lowest BCUT2D eigenvalue weighted by Gasteiger charge is -2.49. The van der Waals surface area contributed by atoms with Crippen LogP contribution < -0.4 is 10.5 Å². The van der Waals surface area contributed by atoms with Gasteiger partial charge in [0.05, 0.1) is 35.4 Å². The van der Waals surface area contributed by atoms with Crippen molar-refractivity contribution < 1.29 is 0 Å². The average Bonchev–Trinajstić information content (AvgIpc) is 3.52. The summed E-state index contributed by atoms with van der Waals surface area (Å²) in [4.78, 5) is 22.6. The van der Waals surface area contributed by atoms with Crippen molar-refractivity contribution in [1.29, 1.82) is 5.26 Å². The van der Waals surface area contributed by atoms with Gasteiger partial charge in [0.15, 0.2) is 5.65 Å². The molecule has 0 amide bonds. The van der Waals surface area contributed by atoms with Crippen molar-refractivity contribution in [3.05, 3.63) is 52.8 Å². The maximum atomic E-state index is 12.9. The maximum Gasteiger partial charge on any atom is 0.252 e. The minimum absolute atomic E-state index is 0.0685. The van der Waals surface area contributed by atoms with Crippen LogP contribution in [0.4, 0.5) is 5.69 Å². The third-order valence-corrected chi connectivity index (χ3v) is 7.37. The molecule has 0 aromatic carbocycles. The van der Waals surface area contributed by atoms with Crippen LogP contribution in [0.1, 0.15) is 45.3 Å². The number of fused-ring (bicyclic) bond motifs is 2. The van der Waals surface area contributed by atoms with E-state index in [2.05, 4.69) is 52.9 Å². The van der Waals surface area contributed by atoms with Crippen LogP contribution in [0.5, 0.6) is 0 Å². The van der Waals surface area contributed by atoms with Crippen LogP contribution in [0.25, 0.3) is 16.7 Å². The van der Waals surface area contributed by atoms with Crippen LogP contribution in [0.2, 0.25) is 0 Å². The molecule has 4 aromatic rings. The minimum atomic E-state index is -0.0685. The fraction of sp³-hybridized carbons (Fsp3) is 0.480. The van der Waals surface area contributed by atoms with E-state index in [9.17, 15) is 4.79 Å². The number of hydrogen-bond donors (Lipinski definition) is 0. The Bertz CT molecular complexity index is 1460. The van der Waals surface area contributed by atoms with Crippen molar-refractivity contribution in [1.82, 2.24) is 33.8 Å². The summed E-state index contributed by atoms with van der Waals surface area (Å²) in [7, 11) is 1.75. The van der Waals surface area contributed by atoms with Gasteiger partial charge in [-0.25, -0.2) is 9.50 Å². The normalized spacial score (nSPS) is 19.9. The number of anilines is 1. The van der Waals surface area contributed by atoms with Crippen molar-refractivity contribution in [2.24, 2.45) is 7.05 Å². The number of aryl methyl sites for hydroxylation is 1. The Balaban J connectivity index is 1.51. The molecule has 182 valence electrons. The lowest BCUT2D eigenvalue weighted by molar-refractivity contribution is 0.0992. The van der Waals surface area contributed by atoms with Crippen LogP contribution in [0.15, 0.2) is 41.6 Å². The van der Waals surface area contributed by atoms with Crippen LogP contribution in [-0.2, 0) is 13.6 Å². The summed E-state index contributed by atoms with van der Waals surface area (Å²) in [5, 5.41) is 18.1. The van der Waals surface area contributed by atoms with Gasteiger partial charge in [-0.15, -0.1) is 0 Å². The molecular weight excluding hydrogens is 442 g/mol. The van der Waals surface area contributed by atoms with Gasteiger partial charge in [-0.3, -0.25) is 14.4 Å². The molecule has 1 aliphatic rings. The molecule has 0 saturated carbocycles. The highest BCUT2D eigenvalue weighted by molar-refractivity contribution is 5.88. The average molecular weight is 474 g/mol. The molecule has 35 heavy (non-hydrogen) atoms. The highest BCUT2D eigenvalue weighted by Crippen LogP contribution is 2.34. The van der Waals surface area contributed by atoms with Crippen LogP contribution >= 0.6 is 0 Å². The fourth-order valence-corrected chi connectivity index (χ4v) is 5.30. The molecule has 1 saturated heterocycles. The molecule has 0 radical (unpaired) electrons. The van der Waals surface area contributed by atoms with Crippen molar-refractivity contribution in [3.8, 4) is 6.07 Å². The molecule has 0 N–H and O–H groups in total. The Morgan fingerprint density at radius 3 is 2.74 bits per heavy atom. The van der Waals surface area contributed by atoms with E-state index in [4.69, 9.17) is 10.2 Å². The monoisotopic (exact) mass is 473 g/mol. The first-order valence-corrected chi connectivity index (χ1v) is 12.2. The summed E-state index contributed by atoms with van der Waals surface area (Å²) in [6, 6.07) is 8.47. The topological polar surface area (TPSA) is 100 Å². The predicted molar refractivity (Wildman–Crippen MR) is 134 cm³/mol. The molecule has 0 bridgehead atoms. The Labute approximate surface area is 204 Å². The van der Waals surface area contributed by atoms with E-state index in [1.54, 1.807) is 39.3 Å². The Hall–Kier alpha value is -3.71. The molecule has 5 heterocycles. The maximum absolute atomic E-state index is 12.9. The molecule has 5 rings (SSSR count). The van der Waals surface area contributed by atoms with Crippen molar-refractivity contribution >= 4 is 22.4 Å². The number of hydrogen-bond acceptors (Lipinski definition) is 7. The fourth-order valence-electron chi connectivity index (χ4n) is 5.30. The number of piperazine rings is 1. The van der Waals surface area contributed by atoms with Crippen LogP contribution in [0, 0.1) is 11.3 Å². The molecule has 3 atom stereocenters. The molecule has 4 aromatic heterocycles. The quantitative estimate of drug-likeness (QED) is 0.424. The van der Waals surface area contributed by atoms with Crippen molar-refractivity contribution in [2.75, 3.05) is 18.0 Å². The third kappa shape index (κ3) is 3.96. The minimum Gasteiger partial charge on any atom is -0.364 e. The molecule has 1 unspecified atom stereocenters. The summed E-state index contributed by atoms with van der Waals surface area (Å²) < 4.78 is 5.00. The molecule has 0 aliphatic carbocycles. The summed E-state index contributed by atoms with van der Waals surface area (Å²) in [6.45, 7) is 8.43. The summed E-state index contributed by atoms with van der Waals surface area (Å²) >= 11 is 0. The van der Waals surface area contributed by atoms with E-state index >= 15 is 0 Å². The first-order chi connectivity index (χ1) is 16.9.